The van der Waals surface area contributed by atoms with Crippen LogP contribution in [0.2, 0.25) is 0 Å². The molecule has 1 fully saturated rings. The molecule has 0 amide bonds. The van der Waals surface area contributed by atoms with Crippen LogP contribution in [0.5, 0.6) is 5.75 Å². The fourth-order valence-corrected chi connectivity index (χ4v) is 2.40. The van der Waals surface area contributed by atoms with E-state index in [4.69, 9.17) is 0 Å². The molecule has 1 aromatic rings. The SMILES string of the molecule is Oc1cc(I)ccc1[C@H]1CCCCN1. The Hall–Kier alpha value is -0.290. The molecular weight excluding hydrogens is 289 g/mol. The van der Waals surface area contributed by atoms with Crippen LogP contribution < -0.4 is 5.32 Å². The van der Waals surface area contributed by atoms with Gasteiger partial charge in [0, 0.05) is 15.2 Å². The summed E-state index contributed by atoms with van der Waals surface area (Å²) in [6, 6.07) is 6.25. The minimum atomic E-state index is 0.348. The van der Waals surface area contributed by atoms with Crippen LogP contribution in [-0.2, 0) is 0 Å². The first-order valence-corrected chi connectivity index (χ1v) is 6.07. The molecule has 0 spiro atoms. The Morgan fingerprint density at radius 1 is 1.36 bits per heavy atom. The molecule has 0 radical (unpaired) electrons. The van der Waals surface area contributed by atoms with E-state index in [1.54, 1.807) is 0 Å². The average Bonchev–Trinajstić information content (AvgIpc) is 2.19. The van der Waals surface area contributed by atoms with Crippen molar-refractivity contribution in [1.29, 1.82) is 0 Å². The summed E-state index contributed by atoms with van der Waals surface area (Å²) < 4.78 is 1.08. The van der Waals surface area contributed by atoms with Crippen LogP contribution in [0.1, 0.15) is 30.9 Å². The minimum absolute atomic E-state index is 0.348. The van der Waals surface area contributed by atoms with Crippen molar-refractivity contribution >= 4 is 22.6 Å². The van der Waals surface area contributed by atoms with Crippen molar-refractivity contribution in [1.82, 2.24) is 5.32 Å². The largest absolute Gasteiger partial charge is 0.508 e. The van der Waals surface area contributed by atoms with Crippen molar-refractivity contribution < 1.29 is 5.11 Å². The van der Waals surface area contributed by atoms with Crippen LogP contribution in [0.25, 0.3) is 0 Å². The number of halogens is 1. The molecule has 1 aromatic carbocycles. The topological polar surface area (TPSA) is 32.3 Å². The van der Waals surface area contributed by atoms with Crippen molar-refractivity contribution in [2.45, 2.75) is 25.3 Å². The van der Waals surface area contributed by atoms with Crippen molar-refractivity contribution in [3.63, 3.8) is 0 Å². The zero-order valence-corrected chi connectivity index (χ0v) is 10.1. The van der Waals surface area contributed by atoms with Crippen molar-refractivity contribution in [3.05, 3.63) is 27.3 Å². The number of nitrogens with one attached hydrogen (secondary N) is 1. The van der Waals surface area contributed by atoms with E-state index in [2.05, 4.69) is 27.9 Å². The molecule has 76 valence electrons. The Bertz CT molecular complexity index is 321. The molecule has 1 saturated heterocycles. The quantitative estimate of drug-likeness (QED) is 0.782. The molecule has 1 atom stereocenters. The molecule has 0 aliphatic carbocycles. The molecule has 2 rings (SSSR count). The number of rotatable bonds is 1. The summed E-state index contributed by atoms with van der Waals surface area (Å²) in [6.45, 7) is 1.07. The van der Waals surface area contributed by atoms with Gasteiger partial charge in [-0.25, -0.2) is 0 Å². The maximum absolute atomic E-state index is 9.80. The smallest absolute Gasteiger partial charge is 0.121 e. The van der Waals surface area contributed by atoms with E-state index in [1.807, 2.05) is 18.2 Å². The fraction of sp³-hybridized carbons (Fsp3) is 0.455. The van der Waals surface area contributed by atoms with E-state index in [1.165, 1.54) is 12.8 Å². The standard InChI is InChI=1S/C11H14INO/c12-8-4-5-9(11(14)7-8)10-3-1-2-6-13-10/h4-5,7,10,13-14H,1-3,6H2/t10-/m1/s1. The molecule has 0 unspecified atom stereocenters. The number of piperidine rings is 1. The van der Waals surface area contributed by atoms with Gasteiger partial charge in [0.2, 0.25) is 0 Å². The highest BCUT2D eigenvalue weighted by Gasteiger charge is 2.17. The molecule has 2 N–H and O–H groups in total. The Morgan fingerprint density at radius 2 is 2.21 bits per heavy atom. The number of hydrogen-bond donors (Lipinski definition) is 2. The van der Waals surface area contributed by atoms with E-state index >= 15 is 0 Å². The molecule has 1 aliphatic heterocycles. The van der Waals surface area contributed by atoms with Crippen LogP contribution in [0, 0.1) is 3.57 Å². The second-order valence-electron chi connectivity index (χ2n) is 3.71. The summed E-state index contributed by atoms with van der Waals surface area (Å²) in [6.07, 6.45) is 3.64. The first kappa shape index (κ1) is 10.2. The predicted molar refractivity (Wildman–Crippen MR) is 65.4 cm³/mol. The Balaban J connectivity index is 2.22. The minimum Gasteiger partial charge on any atom is -0.508 e. The van der Waals surface area contributed by atoms with Gasteiger partial charge in [0.05, 0.1) is 0 Å². The summed E-state index contributed by atoms with van der Waals surface area (Å²) in [5.74, 6) is 0.427. The third kappa shape index (κ3) is 2.20. The lowest BCUT2D eigenvalue weighted by molar-refractivity contribution is 0.391. The molecule has 0 saturated carbocycles. The Labute approximate surface area is 97.9 Å². The van der Waals surface area contributed by atoms with Gasteiger partial charge in [0.15, 0.2) is 0 Å². The summed E-state index contributed by atoms with van der Waals surface area (Å²) in [5, 5.41) is 13.2. The van der Waals surface area contributed by atoms with Gasteiger partial charge in [0.1, 0.15) is 5.75 Å². The summed E-state index contributed by atoms with van der Waals surface area (Å²) in [7, 11) is 0. The van der Waals surface area contributed by atoms with Gasteiger partial charge in [-0.15, -0.1) is 0 Å². The second-order valence-corrected chi connectivity index (χ2v) is 4.95. The third-order valence-electron chi connectivity index (χ3n) is 2.68. The first-order chi connectivity index (χ1) is 6.77. The zero-order chi connectivity index (χ0) is 9.97. The lowest BCUT2D eigenvalue weighted by Crippen LogP contribution is -2.26. The predicted octanol–water partition coefficient (Wildman–Crippen LogP) is 2.81. The van der Waals surface area contributed by atoms with Crippen molar-refractivity contribution in [3.8, 4) is 5.75 Å². The summed E-state index contributed by atoms with van der Waals surface area (Å²) >= 11 is 2.21. The zero-order valence-electron chi connectivity index (χ0n) is 7.96. The summed E-state index contributed by atoms with van der Waals surface area (Å²) in [4.78, 5) is 0. The molecule has 2 nitrogen and oxygen atoms in total. The normalized spacial score (nSPS) is 22.2. The Kier molecular flexibility index (Phi) is 3.28. The van der Waals surface area contributed by atoms with Gasteiger partial charge >= 0.3 is 0 Å². The van der Waals surface area contributed by atoms with Crippen LogP contribution in [-0.4, -0.2) is 11.7 Å². The lowest BCUT2D eigenvalue weighted by Gasteiger charge is -2.24. The van der Waals surface area contributed by atoms with Gasteiger partial charge < -0.3 is 10.4 Å². The fourth-order valence-electron chi connectivity index (χ4n) is 1.93. The number of benzene rings is 1. The van der Waals surface area contributed by atoms with Crippen molar-refractivity contribution in [2.75, 3.05) is 6.54 Å². The number of aromatic hydroxyl groups is 1. The maximum atomic E-state index is 9.80. The summed E-state index contributed by atoms with van der Waals surface area (Å²) in [5.41, 5.74) is 1.05. The average molecular weight is 303 g/mol. The molecule has 14 heavy (non-hydrogen) atoms. The maximum Gasteiger partial charge on any atom is 0.121 e. The van der Waals surface area contributed by atoms with Gasteiger partial charge in [-0.1, -0.05) is 12.5 Å². The lowest BCUT2D eigenvalue weighted by atomic mass is 9.97. The number of phenols is 1. The molecule has 0 bridgehead atoms. The van der Waals surface area contributed by atoms with Crippen LogP contribution >= 0.6 is 22.6 Å². The highest BCUT2D eigenvalue weighted by atomic mass is 127. The van der Waals surface area contributed by atoms with Crippen LogP contribution in [0.15, 0.2) is 18.2 Å². The van der Waals surface area contributed by atoms with E-state index in [0.717, 1.165) is 22.1 Å². The van der Waals surface area contributed by atoms with Gasteiger partial charge in [-0.3, -0.25) is 0 Å². The molecular formula is C11H14INO. The molecule has 1 aliphatic rings. The molecule has 0 aromatic heterocycles. The number of hydrogen-bond acceptors (Lipinski definition) is 2. The Morgan fingerprint density at radius 3 is 2.86 bits per heavy atom. The van der Waals surface area contributed by atoms with E-state index in [0.29, 0.717) is 11.8 Å². The monoisotopic (exact) mass is 303 g/mol. The van der Waals surface area contributed by atoms with E-state index < -0.39 is 0 Å². The van der Waals surface area contributed by atoms with E-state index in [-0.39, 0.29) is 0 Å². The molecule has 1 heterocycles. The highest BCUT2D eigenvalue weighted by Crippen LogP contribution is 2.30. The van der Waals surface area contributed by atoms with Crippen LogP contribution in [0.4, 0.5) is 0 Å². The van der Waals surface area contributed by atoms with Gasteiger partial charge in [0.25, 0.3) is 0 Å². The van der Waals surface area contributed by atoms with Crippen LogP contribution in [0.3, 0.4) is 0 Å². The van der Waals surface area contributed by atoms with Crippen molar-refractivity contribution in [2.24, 2.45) is 0 Å². The first-order valence-electron chi connectivity index (χ1n) is 4.99. The molecule has 3 heteroatoms. The third-order valence-corrected chi connectivity index (χ3v) is 3.35. The second kappa shape index (κ2) is 4.49. The highest BCUT2D eigenvalue weighted by molar-refractivity contribution is 14.1. The van der Waals surface area contributed by atoms with Gasteiger partial charge in [-0.2, -0.15) is 0 Å². The van der Waals surface area contributed by atoms with E-state index in [9.17, 15) is 5.11 Å². The number of phenolic OH excluding ortho intramolecular Hbond substituents is 1. The van der Waals surface area contributed by atoms with Gasteiger partial charge in [-0.05, 0) is 54.1 Å².